The Bertz CT molecular complexity index is 761. The molecule has 1 aliphatic heterocycles. The molecule has 6 nitrogen and oxygen atoms in total. The van der Waals surface area contributed by atoms with Gasteiger partial charge in [-0.1, -0.05) is 6.07 Å². The van der Waals surface area contributed by atoms with Crippen molar-refractivity contribution in [3.05, 3.63) is 48.0 Å². The van der Waals surface area contributed by atoms with Crippen LogP contribution >= 0.6 is 0 Å². The third kappa shape index (κ3) is 3.74. The quantitative estimate of drug-likeness (QED) is 0.944. The van der Waals surface area contributed by atoms with E-state index in [1.807, 2.05) is 28.9 Å². The van der Waals surface area contributed by atoms with Gasteiger partial charge in [0.05, 0.1) is 11.6 Å². The monoisotopic (exact) mass is 323 g/mol. The number of likely N-dealkylation sites (tertiary alicyclic amines) is 1. The molecule has 124 valence electrons. The van der Waals surface area contributed by atoms with Crippen LogP contribution in [0.2, 0.25) is 0 Å². The van der Waals surface area contributed by atoms with Gasteiger partial charge in [-0.15, -0.1) is 0 Å². The lowest BCUT2D eigenvalue weighted by Crippen LogP contribution is -2.43. The molecule has 6 heteroatoms. The number of nitrogens with zero attached hydrogens (tertiary/aromatic N) is 4. The molecule has 1 aromatic heterocycles. The summed E-state index contributed by atoms with van der Waals surface area (Å²) in [5, 5.41) is 11.8. The highest BCUT2D eigenvalue weighted by molar-refractivity contribution is 5.89. The molecule has 1 aliphatic rings. The second-order valence-electron chi connectivity index (χ2n) is 6.24. The first-order valence-electron chi connectivity index (χ1n) is 8.18. The van der Waals surface area contributed by atoms with E-state index < -0.39 is 0 Å². The van der Waals surface area contributed by atoms with Gasteiger partial charge in [0.2, 0.25) is 0 Å². The number of piperidine rings is 1. The molecule has 0 unspecified atom stereocenters. The summed E-state index contributed by atoms with van der Waals surface area (Å²) in [4.78, 5) is 18.7. The van der Waals surface area contributed by atoms with Crippen LogP contribution in [0.3, 0.4) is 0 Å². The fraction of sp³-hybridized carbons (Fsp3) is 0.389. The van der Waals surface area contributed by atoms with Crippen LogP contribution in [-0.2, 0) is 13.5 Å². The van der Waals surface area contributed by atoms with Crippen molar-refractivity contribution in [2.75, 3.05) is 18.4 Å². The fourth-order valence-corrected chi connectivity index (χ4v) is 3.14. The molecule has 2 heterocycles. The van der Waals surface area contributed by atoms with Crippen molar-refractivity contribution in [2.24, 2.45) is 13.0 Å². The SMILES string of the molecule is Cn1ccnc1C[C@@H]1CCCN(C(=O)Nc2cccc(C#N)c2)C1. The molecule has 2 aromatic rings. The third-order valence-electron chi connectivity index (χ3n) is 4.44. The van der Waals surface area contributed by atoms with Gasteiger partial charge in [-0.25, -0.2) is 9.78 Å². The zero-order chi connectivity index (χ0) is 16.9. The van der Waals surface area contributed by atoms with Crippen molar-refractivity contribution < 1.29 is 4.79 Å². The number of nitrogens with one attached hydrogen (secondary N) is 1. The number of amides is 2. The predicted octanol–water partition coefficient (Wildman–Crippen LogP) is 2.78. The van der Waals surface area contributed by atoms with Crippen molar-refractivity contribution in [1.29, 1.82) is 5.26 Å². The number of imidazole rings is 1. The molecule has 0 aliphatic carbocycles. The van der Waals surface area contributed by atoms with Crippen LogP contribution in [0.15, 0.2) is 36.7 Å². The number of anilines is 1. The lowest BCUT2D eigenvalue weighted by Gasteiger charge is -2.32. The molecule has 0 bridgehead atoms. The van der Waals surface area contributed by atoms with Gasteiger partial charge in [-0.2, -0.15) is 5.26 Å². The first-order chi connectivity index (χ1) is 11.7. The second kappa shape index (κ2) is 7.18. The number of hydrogen-bond donors (Lipinski definition) is 1. The van der Waals surface area contributed by atoms with Crippen LogP contribution in [0.1, 0.15) is 24.2 Å². The number of nitriles is 1. The van der Waals surface area contributed by atoms with Gasteiger partial charge in [0, 0.05) is 44.6 Å². The Morgan fingerprint density at radius 2 is 2.38 bits per heavy atom. The van der Waals surface area contributed by atoms with E-state index in [1.165, 1.54) is 0 Å². The standard InChI is InChI=1S/C18H21N5O/c1-22-9-7-20-17(22)11-15-5-3-8-23(13-15)18(24)21-16-6-2-4-14(10-16)12-19/h2,4,6-7,9-10,15H,3,5,8,11,13H2,1H3,(H,21,24)/t15-/m0/s1. The van der Waals surface area contributed by atoms with Gasteiger partial charge in [0.1, 0.15) is 5.82 Å². The van der Waals surface area contributed by atoms with Crippen LogP contribution < -0.4 is 5.32 Å². The summed E-state index contributed by atoms with van der Waals surface area (Å²) < 4.78 is 2.03. The van der Waals surface area contributed by atoms with E-state index in [0.717, 1.165) is 38.2 Å². The summed E-state index contributed by atoms with van der Waals surface area (Å²) in [5.74, 6) is 1.49. The smallest absolute Gasteiger partial charge is 0.321 e. The zero-order valence-electron chi connectivity index (χ0n) is 13.8. The van der Waals surface area contributed by atoms with Crippen LogP contribution in [-0.4, -0.2) is 33.6 Å². The lowest BCUT2D eigenvalue weighted by molar-refractivity contribution is 0.176. The largest absolute Gasteiger partial charge is 0.338 e. The van der Waals surface area contributed by atoms with Gasteiger partial charge >= 0.3 is 6.03 Å². The Labute approximate surface area is 141 Å². The molecule has 1 atom stereocenters. The maximum absolute atomic E-state index is 12.5. The molecule has 1 saturated heterocycles. The minimum Gasteiger partial charge on any atom is -0.338 e. The maximum Gasteiger partial charge on any atom is 0.321 e. The summed E-state index contributed by atoms with van der Waals surface area (Å²) in [7, 11) is 2.00. The van der Waals surface area contributed by atoms with Crippen molar-refractivity contribution >= 4 is 11.7 Å². The molecule has 1 N–H and O–H groups in total. The van der Waals surface area contributed by atoms with Crippen LogP contribution in [0, 0.1) is 17.2 Å². The van der Waals surface area contributed by atoms with Gasteiger partial charge in [-0.05, 0) is 37.0 Å². The van der Waals surface area contributed by atoms with E-state index in [9.17, 15) is 4.79 Å². The van der Waals surface area contributed by atoms with E-state index in [0.29, 0.717) is 17.2 Å². The number of aromatic nitrogens is 2. The molecule has 0 saturated carbocycles. The van der Waals surface area contributed by atoms with Gasteiger partial charge in [-0.3, -0.25) is 0 Å². The Morgan fingerprint density at radius 1 is 1.50 bits per heavy atom. The van der Waals surface area contributed by atoms with E-state index in [1.54, 1.807) is 24.3 Å². The number of benzene rings is 1. The molecular weight excluding hydrogens is 302 g/mol. The summed E-state index contributed by atoms with van der Waals surface area (Å²) in [6, 6.07) is 8.96. The van der Waals surface area contributed by atoms with Crippen LogP contribution in [0.4, 0.5) is 10.5 Å². The Hall–Kier alpha value is -2.81. The molecule has 0 radical (unpaired) electrons. The average Bonchev–Trinajstić information content (AvgIpc) is 3.00. The highest BCUT2D eigenvalue weighted by Gasteiger charge is 2.24. The van der Waals surface area contributed by atoms with Gasteiger partial charge < -0.3 is 14.8 Å². The summed E-state index contributed by atoms with van der Waals surface area (Å²) in [6.45, 7) is 1.50. The Kier molecular flexibility index (Phi) is 4.80. The second-order valence-corrected chi connectivity index (χ2v) is 6.24. The van der Waals surface area contributed by atoms with Crippen molar-refractivity contribution in [1.82, 2.24) is 14.5 Å². The van der Waals surface area contributed by atoms with Gasteiger partial charge in [0.25, 0.3) is 0 Å². The van der Waals surface area contributed by atoms with Crippen LogP contribution in [0.5, 0.6) is 0 Å². The van der Waals surface area contributed by atoms with E-state index in [2.05, 4.69) is 16.4 Å². The minimum atomic E-state index is -0.102. The van der Waals surface area contributed by atoms with Crippen molar-refractivity contribution in [2.45, 2.75) is 19.3 Å². The fourth-order valence-electron chi connectivity index (χ4n) is 3.14. The number of hydrogen-bond acceptors (Lipinski definition) is 3. The number of urea groups is 1. The van der Waals surface area contributed by atoms with Crippen molar-refractivity contribution in [3.8, 4) is 6.07 Å². The van der Waals surface area contributed by atoms with Gasteiger partial charge in [0.15, 0.2) is 0 Å². The number of rotatable bonds is 3. The molecule has 1 fully saturated rings. The summed E-state index contributed by atoms with van der Waals surface area (Å²) in [5.41, 5.74) is 1.20. The zero-order valence-corrected chi connectivity index (χ0v) is 13.8. The molecular formula is C18H21N5O. The Morgan fingerprint density at radius 3 is 3.12 bits per heavy atom. The number of aryl methyl sites for hydroxylation is 1. The first kappa shape index (κ1) is 16.1. The topological polar surface area (TPSA) is 74.0 Å². The van der Waals surface area contributed by atoms with E-state index in [-0.39, 0.29) is 6.03 Å². The normalized spacial score (nSPS) is 17.3. The average molecular weight is 323 g/mol. The minimum absolute atomic E-state index is 0.102. The third-order valence-corrected chi connectivity index (χ3v) is 4.44. The summed E-state index contributed by atoms with van der Waals surface area (Å²) in [6.07, 6.45) is 6.76. The summed E-state index contributed by atoms with van der Waals surface area (Å²) >= 11 is 0. The molecule has 24 heavy (non-hydrogen) atoms. The maximum atomic E-state index is 12.5. The molecule has 2 amide bonds. The highest BCUT2D eigenvalue weighted by Crippen LogP contribution is 2.21. The molecule has 1 aromatic carbocycles. The molecule has 3 rings (SSSR count). The van der Waals surface area contributed by atoms with E-state index in [4.69, 9.17) is 5.26 Å². The van der Waals surface area contributed by atoms with Crippen molar-refractivity contribution in [3.63, 3.8) is 0 Å². The number of carbonyl (C=O) groups excluding carboxylic acids is 1. The lowest BCUT2D eigenvalue weighted by atomic mass is 9.94. The van der Waals surface area contributed by atoms with Crippen LogP contribution in [0.25, 0.3) is 0 Å². The molecule has 0 spiro atoms. The number of carbonyl (C=O) groups is 1. The van der Waals surface area contributed by atoms with E-state index >= 15 is 0 Å². The Balaban J connectivity index is 1.60. The highest BCUT2D eigenvalue weighted by atomic mass is 16.2. The predicted molar refractivity (Wildman–Crippen MR) is 91.4 cm³/mol. The first-order valence-corrected chi connectivity index (χ1v) is 8.18.